The summed E-state index contributed by atoms with van der Waals surface area (Å²) < 4.78 is 1.96. The minimum atomic E-state index is -0.717. The molecular formula is C20H22N4O2. The third-order valence-corrected chi connectivity index (χ3v) is 4.75. The van der Waals surface area contributed by atoms with Gasteiger partial charge in [0.05, 0.1) is 23.6 Å². The van der Waals surface area contributed by atoms with Crippen molar-refractivity contribution in [1.29, 1.82) is 0 Å². The summed E-state index contributed by atoms with van der Waals surface area (Å²) in [6, 6.07) is 15.0. The van der Waals surface area contributed by atoms with Crippen LogP contribution in [0.3, 0.4) is 0 Å². The second kappa shape index (κ2) is 6.90. The quantitative estimate of drug-likeness (QED) is 0.756. The van der Waals surface area contributed by atoms with Crippen molar-refractivity contribution >= 4 is 0 Å². The first-order valence-electron chi connectivity index (χ1n) is 8.77. The molecule has 1 aliphatic heterocycles. The van der Waals surface area contributed by atoms with Crippen LogP contribution in [0.4, 0.5) is 0 Å². The summed E-state index contributed by atoms with van der Waals surface area (Å²) in [6.45, 7) is 4.80. The molecule has 3 heterocycles. The standard InChI is InChI=1S/C20H22N4O2/c1-14-7-8-19(25)18(21-14)13-23-9-10-24-16(12-23)11-17(22-24)20(26)15-5-3-2-4-6-15/h2-8,11,20,25-26H,9-10,12-13H2,1H3/t20-/m0/s1. The van der Waals surface area contributed by atoms with E-state index in [1.807, 2.05) is 48.0 Å². The van der Waals surface area contributed by atoms with Crippen molar-refractivity contribution in [3.05, 3.63) is 76.9 Å². The lowest BCUT2D eigenvalue weighted by Crippen LogP contribution is -2.33. The van der Waals surface area contributed by atoms with Gasteiger partial charge in [-0.1, -0.05) is 30.3 Å². The molecule has 3 aromatic rings. The number of pyridine rings is 1. The van der Waals surface area contributed by atoms with Gasteiger partial charge in [-0.3, -0.25) is 14.6 Å². The van der Waals surface area contributed by atoms with E-state index in [9.17, 15) is 10.2 Å². The van der Waals surface area contributed by atoms with Gasteiger partial charge in [0.15, 0.2) is 0 Å². The highest BCUT2D eigenvalue weighted by Gasteiger charge is 2.22. The van der Waals surface area contributed by atoms with Gasteiger partial charge in [-0.05, 0) is 30.7 Å². The Labute approximate surface area is 152 Å². The normalized spacial score (nSPS) is 15.6. The molecule has 1 atom stereocenters. The van der Waals surface area contributed by atoms with Crippen molar-refractivity contribution in [3.8, 4) is 5.75 Å². The molecule has 0 aliphatic carbocycles. The summed E-state index contributed by atoms with van der Waals surface area (Å²) in [5.74, 6) is 0.231. The molecule has 0 saturated heterocycles. The summed E-state index contributed by atoms with van der Waals surface area (Å²) in [7, 11) is 0. The van der Waals surface area contributed by atoms with Gasteiger partial charge in [0, 0.05) is 25.3 Å². The molecular weight excluding hydrogens is 328 g/mol. The van der Waals surface area contributed by atoms with Crippen molar-refractivity contribution in [3.63, 3.8) is 0 Å². The Morgan fingerprint density at radius 2 is 1.92 bits per heavy atom. The van der Waals surface area contributed by atoms with E-state index in [2.05, 4.69) is 15.0 Å². The maximum Gasteiger partial charge on any atom is 0.138 e. The van der Waals surface area contributed by atoms with Crippen LogP contribution in [0.2, 0.25) is 0 Å². The van der Waals surface area contributed by atoms with Crippen LogP contribution in [-0.4, -0.2) is 36.4 Å². The Bertz CT molecular complexity index is 907. The molecule has 6 nitrogen and oxygen atoms in total. The van der Waals surface area contributed by atoms with E-state index >= 15 is 0 Å². The van der Waals surface area contributed by atoms with Gasteiger partial charge < -0.3 is 10.2 Å². The van der Waals surface area contributed by atoms with Crippen molar-refractivity contribution in [1.82, 2.24) is 19.7 Å². The number of aromatic hydroxyl groups is 1. The van der Waals surface area contributed by atoms with Gasteiger partial charge in [0.25, 0.3) is 0 Å². The van der Waals surface area contributed by atoms with E-state index in [1.54, 1.807) is 12.1 Å². The van der Waals surface area contributed by atoms with Crippen molar-refractivity contribution < 1.29 is 10.2 Å². The SMILES string of the molecule is Cc1ccc(O)c(CN2CCn3nc([C@@H](O)c4ccccc4)cc3C2)n1. The molecule has 2 N–H and O–H groups in total. The number of aliphatic hydroxyl groups excluding tert-OH is 1. The van der Waals surface area contributed by atoms with Crippen LogP contribution in [0.25, 0.3) is 0 Å². The van der Waals surface area contributed by atoms with Gasteiger partial charge in [0.1, 0.15) is 11.9 Å². The number of aliphatic hydroxyl groups is 1. The molecule has 0 unspecified atom stereocenters. The van der Waals surface area contributed by atoms with E-state index in [-0.39, 0.29) is 5.75 Å². The van der Waals surface area contributed by atoms with Crippen molar-refractivity contribution in [2.45, 2.75) is 32.7 Å². The minimum Gasteiger partial charge on any atom is -0.506 e. The van der Waals surface area contributed by atoms with Crippen molar-refractivity contribution in [2.75, 3.05) is 6.54 Å². The van der Waals surface area contributed by atoms with Crippen LogP contribution in [0.5, 0.6) is 5.75 Å². The molecule has 4 rings (SSSR count). The van der Waals surface area contributed by atoms with Gasteiger partial charge in [-0.15, -0.1) is 0 Å². The topological polar surface area (TPSA) is 74.4 Å². The number of aryl methyl sites for hydroxylation is 1. The fourth-order valence-corrected chi connectivity index (χ4v) is 3.35. The first kappa shape index (κ1) is 16.8. The Balaban J connectivity index is 1.51. The summed E-state index contributed by atoms with van der Waals surface area (Å²) in [5, 5.41) is 25.2. The Morgan fingerprint density at radius 1 is 1.12 bits per heavy atom. The van der Waals surface area contributed by atoms with Crippen LogP contribution in [0.15, 0.2) is 48.5 Å². The zero-order valence-electron chi connectivity index (χ0n) is 14.7. The zero-order chi connectivity index (χ0) is 18.1. The lowest BCUT2D eigenvalue weighted by molar-refractivity contribution is 0.197. The Morgan fingerprint density at radius 3 is 2.73 bits per heavy atom. The van der Waals surface area contributed by atoms with Gasteiger partial charge >= 0.3 is 0 Å². The number of nitrogens with zero attached hydrogens (tertiary/aromatic N) is 4. The monoisotopic (exact) mass is 350 g/mol. The fourth-order valence-electron chi connectivity index (χ4n) is 3.35. The van der Waals surface area contributed by atoms with E-state index < -0.39 is 6.10 Å². The number of fused-ring (bicyclic) bond motifs is 1. The Kier molecular flexibility index (Phi) is 4.44. The maximum absolute atomic E-state index is 10.6. The minimum absolute atomic E-state index is 0.231. The molecule has 0 saturated carbocycles. The fraction of sp³-hybridized carbons (Fsp3) is 0.300. The molecule has 0 radical (unpaired) electrons. The highest BCUT2D eigenvalue weighted by Crippen LogP contribution is 2.25. The van der Waals surface area contributed by atoms with Crippen LogP contribution in [0.1, 0.15) is 34.4 Å². The van der Waals surface area contributed by atoms with E-state index in [0.29, 0.717) is 24.5 Å². The Hall–Kier alpha value is -2.70. The highest BCUT2D eigenvalue weighted by atomic mass is 16.3. The highest BCUT2D eigenvalue weighted by molar-refractivity contribution is 5.29. The number of hydrogen-bond acceptors (Lipinski definition) is 5. The molecule has 6 heteroatoms. The van der Waals surface area contributed by atoms with Gasteiger partial charge in [0.2, 0.25) is 0 Å². The molecule has 134 valence electrons. The van der Waals surface area contributed by atoms with Crippen molar-refractivity contribution in [2.24, 2.45) is 0 Å². The lowest BCUT2D eigenvalue weighted by atomic mass is 10.1. The molecule has 1 aliphatic rings. The summed E-state index contributed by atoms with van der Waals surface area (Å²) in [6.07, 6.45) is -0.717. The van der Waals surface area contributed by atoms with E-state index in [4.69, 9.17) is 0 Å². The number of aromatic nitrogens is 3. The predicted molar refractivity (Wildman–Crippen MR) is 97.5 cm³/mol. The van der Waals surface area contributed by atoms with Crippen LogP contribution >= 0.6 is 0 Å². The molecule has 0 bridgehead atoms. The van der Waals surface area contributed by atoms with Crippen LogP contribution in [0, 0.1) is 6.92 Å². The molecule has 1 aromatic carbocycles. The number of hydrogen-bond donors (Lipinski definition) is 2. The summed E-state index contributed by atoms with van der Waals surface area (Å²) in [5.41, 5.74) is 4.17. The second-order valence-electron chi connectivity index (χ2n) is 6.73. The number of rotatable bonds is 4. The average molecular weight is 350 g/mol. The molecule has 0 amide bonds. The molecule has 0 spiro atoms. The summed E-state index contributed by atoms with van der Waals surface area (Å²) in [4.78, 5) is 6.68. The van der Waals surface area contributed by atoms with Crippen LogP contribution < -0.4 is 0 Å². The van der Waals surface area contributed by atoms with Crippen LogP contribution in [-0.2, 0) is 19.6 Å². The molecule has 0 fully saturated rings. The third kappa shape index (κ3) is 3.34. The largest absolute Gasteiger partial charge is 0.506 e. The first-order chi connectivity index (χ1) is 12.6. The molecule has 2 aromatic heterocycles. The smallest absolute Gasteiger partial charge is 0.138 e. The molecule has 26 heavy (non-hydrogen) atoms. The summed E-state index contributed by atoms with van der Waals surface area (Å²) >= 11 is 0. The van der Waals surface area contributed by atoms with Gasteiger partial charge in [-0.2, -0.15) is 5.10 Å². The van der Waals surface area contributed by atoms with Gasteiger partial charge in [-0.25, -0.2) is 0 Å². The maximum atomic E-state index is 10.6. The van der Waals surface area contributed by atoms with E-state index in [1.165, 1.54) is 0 Å². The first-order valence-corrected chi connectivity index (χ1v) is 8.77. The lowest BCUT2D eigenvalue weighted by Gasteiger charge is -2.27. The predicted octanol–water partition coefficient (Wildman–Crippen LogP) is 2.39. The second-order valence-corrected chi connectivity index (χ2v) is 6.73. The number of benzene rings is 1. The third-order valence-electron chi connectivity index (χ3n) is 4.75. The van der Waals surface area contributed by atoms with E-state index in [0.717, 1.165) is 30.0 Å². The average Bonchev–Trinajstić information content (AvgIpc) is 3.08. The zero-order valence-corrected chi connectivity index (χ0v) is 14.7.